The van der Waals surface area contributed by atoms with Crippen LogP contribution in [0.4, 0.5) is 0 Å². The second-order valence-electron chi connectivity index (χ2n) is 5.30. The van der Waals surface area contributed by atoms with Gasteiger partial charge in [0, 0.05) is 25.1 Å². The van der Waals surface area contributed by atoms with Crippen LogP contribution in [0.3, 0.4) is 0 Å². The summed E-state index contributed by atoms with van der Waals surface area (Å²) in [5.74, 6) is -1.02. The van der Waals surface area contributed by atoms with Crippen LogP contribution in [0, 0.1) is 0 Å². The third-order valence-electron chi connectivity index (χ3n) is 3.93. The molecule has 20 heavy (non-hydrogen) atoms. The molecule has 110 valence electrons. The van der Waals surface area contributed by atoms with Crippen molar-refractivity contribution in [2.75, 3.05) is 19.8 Å². The number of thioether (sulfide) groups is 1. The Morgan fingerprint density at radius 1 is 1.30 bits per heavy atom. The van der Waals surface area contributed by atoms with Crippen molar-refractivity contribution < 1.29 is 23.8 Å². The van der Waals surface area contributed by atoms with Crippen molar-refractivity contribution >= 4 is 17.7 Å². The Kier molecular flexibility index (Phi) is 4.05. The maximum atomic E-state index is 10.8. The third kappa shape index (κ3) is 3.02. The van der Waals surface area contributed by atoms with Gasteiger partial charge >= 0.3 is 5.97 Å². The van der Waals surface area contributed by atoms with Crippen molar-refractivity contribution in [3.05, 3.63) is 17.9 Å². The van der Waals surface area contributed by atoms with E-state index in [1.54, 1.807) is 17.8 Å². The third-order valence-corrected chi connectivity index (χ3v) is 5.11. The van der Waals surface area contributed by atoms with Gasteiger partial charge in [0.1, 0.15) is 0 Å². The number of hydrogen-bond donors (Lipinski definition) is 1. The van der Waals surface area contributed by atoms with E-state index in [0.717, 1.165) is 45.5 Å². The van der Waals surface area contributed by atoms with Crippen molar-refractivity contribution in [1.82, 2.24) is 0 Å². The molecule has 0 saturated carbocycles. The molecule has 2 fully saturated rings. The van der Waals surface area contributed by atoms with Crippen molar-refractivity contribution in [3.63, 3.8) is 0 Å². The first-order chi connectivity index (χ1) is 9.67. The van der Waals surface area contributed by atoms with Crippen LogP contribution in [0.25, 0.3) is 0 Å². The summed E-state index contributed by atoms with van der Waals surface area (Å²) in [5.41, 5.74) is -0.0453. The molecular weight excluding hydrogens is 280 g/mol. The lowest BCUT2D eigenvalue weighted by atomic mass is 9.86. The molecule has 0 amide bonds. The van der Waals surface area contributed by atoms with Gasteiger partial charge in [0.05, 0.1) is 5.60 Å². The maximum Gasteiger partial charge on any atom is 0.371 e. The summed E-state index contributed by atoms with van der Waals surface area (Å²) in [6, 6.07) is 3.24. The van der Waals surface area contributed by atoms with Gasteiger partial charge in [0.2, 0.25) is 5.76 Å². The van der Waals surface area contributed by atoms with E-state index in [4.69, 9.17) is 19.0 Å². The molecule has 1 spiro atoms. The average molecular weight is 298 g/mol. The number of hydrogen-bond acceptors (Lipinski definition) is 5. The molecule has 2 aliphatic rings. The standard InChI is InChI=1S/C14H18O5S/c15-13(16)11-1-2-12(19-11)20-10-3-6-18-14(9-10)4-7-17-8-5-14/h1-2,10H,3-9H2,(H,15,16). The highest BCUT2D eigenvalue weighted by atomic mass is 32.2. The van der Waals surface area contributed by atoms with E-state index in [2.05, 4.69) is 0 Å². The van der Waals surface area contributed by atoms with Crippen LogP contribution >= 0.6 is 11.8 Å². The number of furan rings is 1. The second-order valence-corrected chi connectivity index (χ2v) is 6.61. The highest BCUT2D eigenvalue weighted by Crippen LogP contribution is 2.41. The summed E-state index contributed by atoms with van der Waals surface area (Å²) in [6.45, 7) is 2.28. The van der Waals surface area contributed by atoms with Crippen LogP contribution in [-0.2, 0) is 9.47 Å². The van der Waals surface area contributed by atoms with Crippen LogP contribution in [0.5, 0.6) is 0 Å². The molecule has 5 nitrogen and oxygen atoms in total. The molecule has 0 bridgehead atoms. The number of carboxylic acids is 1. The first-order valence-corrected chi connectivity index (χ1v) is 7.76. The zero-order valence-electron chi connectivity index (χ0n) is 11.2. The van der Waals surface area contributed by atoms with Gasteiger partial charge in [-0.3, -0.25) is 0 Å². The Bertz CT molecular complexity index is 472. The Labute approximate surface area is 121 Å². The van der Waals surface area contributed by atoms with Gasteiger partial charge in [-0.15, -0.1) is 0 Å². The van der Waals surface area contributed by atoms with Crippen LogP contribution in [0.1, 0.15) is 36.2 Å². The quantitative estimate of drug-likeness (QED) is 0.925. The maximum absolute atomic E-state index is 10.8. The molecule has 1 N–H and O–H groups in total. The van der Waals surface area contributed by atoms with E-state index in [9.17, 15) is 4.79 Å². The van der Waals surface area contributed by atoms with Gasteiger partial charge < -0.3 is 19.0 Å². The molecule has 1 atom stereocenters. The molecule has 3 heterocycles. The second kappa shape index (κ2) is 5.79. The fourth-order valence-electron chi connectivity index (χ4n) is 2.84. The van der Waals surface area contributed by atoms with Gasteiger partial charge in [-0.25, -0.2) is 4.79 Å². The molecular formula is C14H18O5S. The molecule has 3 rings (SSSR count). The first-order valence-electron chi connectivity index (χ1n) is 6.88. The molecule has 0 radical (unpaired) electrons. The summed E-state index contributed by atoms with van der Waals surface area (Å²) < 4.78 is 16.7. The Morgan fingerprint density at radius 2 is 2.10 bits per heavy atom. The topological polar surface area (TPSA) is 68.9 Å². The highest BCUT2D eigenvalue weighted by molar-refractivity contribution is 7.99. The number of ether oxygens (including phenoxy) is 2. The summed E-state index contributed by atoms with van der Waals surface area (Å²) in [6.07, 6.45) is 3.84. The monoisotopic (exact) mass is 298 g/mol. The highest BCUT2D eigenvalue weighted by Gasteiger charge is 2.39. The summed E-state index contributed by atoms with van der Waals surface area (Å²) in [5, 5.41) is 9.95. The minimum atomic E-state index is -1.02. The Hall–Kier alpha value is -0.980. The van der Waals surface area contributed by atoms with E-state index in [1.165, 1.54) is 6.07 Å². The van der Waals surface area contributed by atoms with Crippen LogP contribution in [-0.4, -0.2) is 41.7 Å². The van der Waals surface area contributed by atoms with Crippen LogP contribution < -0.4 is 0 Å². The normalized spacial score (nSPS) is 25.7. The van der Waals surface area contributed by atoms with Gasteiger partial charge in [0.15, 0.2) is 5.09 Å². The van der Waals surface area contributed by atoms with E-state index in [1.807, 2.05) is 0 Å². The molecule has 1 aromatic rings. The molecule has 2 aliphatic heterocycles. The molecule has 1 unspecified atom stereocenters. The van der Waals surface area contributed by atoms with Crippen LogP contribution in [0.2, 0.25) is 0 Å². The van der Waals surface area contributed by atoms with Crippen molar-refractivity contribution in [2.45, 2.75) is 41.6 Å². The van der Waals surface area contributed by atoms with Gasteiger partial charge in [-0.1, -0.05) is 11.8 Å². The van der Waals surface area contributed by atoms with E-state index in [0.29, 0.717) is 10.3 Å². The summed E-state index contributed by atoms with van der Waals surface area (Å²) in [4.78, 5) is 10.8. The molecule has 2 saturated heterocycles. The predicted octanol–water partition coefficient (Wildman–Crippen LogP) is 2.80. The lowest BCUT2D eigenvalue weighted by molar-refractivity contribution is -0.131. The van der Waals surface area contributed by atoms with E-state index >= 15 is 0 Å². The number of aromatic carboxylic acids is 1. The van der Waals surface area contributed by atoms with Gasteiger partial charge in [-0.05, 0) is 37.8 Å². The predicted molar refractivity (Wildman–Crippen MR) is 73.3 cm³/mol. The summed E-state index contributed by atoms with van der Waals surface area (Å²) >= 11 is 1.62. The van der Waals surface area contributed by atoms with Gasteiger partial charge in [0.25, 0.3) is 0 Å². The lowest BCUT2D eigenvalue weighted by Gasteiger charge is -2.42. The van der Waals surface area contributed by atoms with E-state index < -0.39 is 5.97 Å². The van der Waals surface area contributed by atoms with Gasteiger partial charge in [-0.2, -0.15) is 0 Å². The SMILES string of the molecule is O=C(O)c1ccc(SC2CCOC3(CCOCC3)C2)o1. The fraction of sp³-hybridized carbons (Fsp3) is 0.643. The number of carbonyl (C=O) groups is 1. The number of carboxylic acid groups (broad SMARTS) is 1. The smallest absolute Gasteiger partial charge is 0.371 e. The van der Waals surface area contributed by atoms with Crippen molar-refractivity contribution in [2.24, 2.45) is 0 Å². The first kappa shape index (κ1) is 14.0. The summed E-state index contributed by atoms with van der Waals surface area (Å²) in [7, 11) is 0. The minimum Gasteiger partial charge on any atom is -0.475 e. The molecule has 0 aromatic carbocycles. The van der Waals surface area contributed by atoms with Crippen molar-refractivity contribution in [3.8, 4) is 0 Å². The fourth-order valence-corrected chi connectivity index (χ4v) is 4.05. The van der Waals surface area contributed by atoms with E-state index in [-0.39, 0.29) is 11.4 Å². The largest absolute Gasteiger partial charge is 0.475 e. The lowest BCUT2D eigenvalue weighted by Crippen LogP contribution is -2.45. The zero-order valence-corrected chi connectivity index (χ0v) is 12.0. The number of rotatable bonds is 3. The zero-order chi connectivity index (χ0) is 14.0. The minimum absolute atomic E-state index is 0.000314. The molecule has 1 aromatic heterocycles. The molecule has 0 aliphatic carbocycles. The molecule has 6 heteroatoms. The van der Waals surface area contributed by atoms with Crippen LogP contribution in [0.15, 0.2) is 21.6 Å². The Balaban J connectivity index is 1.63. The van der Waals surface area contributed by atoms with Crippen molar-refractivity contribution in [1.29, 1.82) is 0 Å². The Morgan fingerprint density at radius 3 is 2.80 bits per heavy atom. The average Bonchev–Trinajstić information content (AvgIpc) is 2.88.